The molecule has 1 aromatic heterocycles. The summed E-state index contributed by atoms with van der Waals surface area (Å²) < 4.78 is 1.02. The SMILES string of the molecule is CC1CN(c2nc(-c3ccc(Br)cc3)nnc2-c2ccc(Cl)cc2)CC(C)N1. The molecule has 1 aliphatic rings. The maximum absolute atomic E-state index is 6.07. The van der Waals surface area contributed by atoms with Crippen LogP contribution in [0.5, 0.6) is 0 Å². The lowest BCUT2D eigenvalue weighted by atomic mass is 10.1. The Bertz CT molecular complexity index is 952. The standard InChI is InChI=1S/C21H21BrClN5/c1-13-11-28(12-14(2)24-13)21-19(15-5-9-18(23)10-6-15)26-27-20(25-21)16-3-7-17(22)8-4-16/h3-10,13-14,24H,11-12H2,1-2H3. The minimum Gasteiger partial charge on any atom is -0.352 e. The number of halogens is 2. The van der Waals surface area contributed by atoms with Crippen molar-refractivity contribution < 1.29 is 0 Å². The molecule has 1 aliphatic heterocycles. The highest BCUT2D eigenvalue weighted by Gasteiger charge is 2.26. The van der Waals surface area contributed by atoms with Crippen molar-refractivity contribution in [2.45, 2.75) is 25.9 Å². The topological polar surface area (TPSA) is 53.9 Å². The van der Waals surface area contributed by atoms with Gasteiger partial charge in [-0.3, -0.25) is 0 Å². The van der Waals surface area contributed by atoms with Gasteiger partial charge < -0.3 is 10.2 Å². The van der Waals surface area contributed by atoms with Crippen molar-refractivity contribution in [3.05, 3.63) is 58.0 Å². The molecule has 0 aliphatic carbocycles. The fourth-order valence-corrected chi connectivity index (χ4v) is 3.94. The number of benzene rings is 2. The lowest BCUT2D eigenvalue weighted by Crippen LogP contribution is -2.54. The summed E-state index contributed by atoms with van der Waals surface area (Å²) >= 11 is 9.54. The fraction of sp³-hybridized carbons (Fsp3) is 0.286. The zero-order valence-corrected chi connectivity index (χ0v) is 18.1. The smallest absolute Gasteiger partial charge is 0.183 e. The Morgan fingerprint density at radius 2 is 1.54 bits per heavy atom. The van der Waals surface area contributed by atoms with E-state index < -0.39 is 0 Å². The number of nitrogens with zero attached hydrogens (tertiary/aromatic N) is 4. The maximum atomic E-state index is 6.07. The summed E-state index contributed by atoms with van der Waals surface area (Å²) in [5.74, 6) is 1.48. The highest BCUT2D eigenvalue weighted by molar-refractivity contribution is 9.10. The van der Waals surface area contributed by atoms with E-state index in [1.807, 2.05) is 48.5 Å². The Balaban J connectivity index is 1.81. The van der Waals surface area contributed by atoms with Crippen molar-refractivity contribution in [1.82, 2.24) is 20.5 Å². The van der Waals surface area contributed by atoms with Gasteiger partial charge in [-0.25, -0.2) is 4.98 Å². The largest absolute Gasteiger partial charge is 0.352 e. The van der Waals surface area contributed by atoms with Crippen molar-refractivity contribution in [3.63, 3.8) is 0 Å². The second-order valence-electron chi connectivity index (χ2n) is 7.20. The van der Waals surface area contributed by atoms with E-state index in [0.29, 0.717) is 22.9 Å². The lowest BCUT2D eigenvalue weighted by Gasteiger charge is -2.37. The average Bonchev–Trinajstić information content (AvgIpc) is 2.68. The summed E-state index contributed by atoms with van der Waals surface area (Å²) in [4.78, 5) is 7.24. The molecule has 0 amide bonds. The molecule has 0 saturated carbocycles. The third-order valence-corrected chi connectivity index (χ3v) is 5.53. The third kappa shape index (κ3) is 4.19. The van der Waals surface area contributed by atoms with Gasteiger partial charge in [0.2, 0.25) is 0 Å². The predicted octanol–water partition coefficient (Wildman–Crippen LogP) is 4.81. The van der Waals surface area contributed by atoms with Crippen LogP contribution in [0.1, 0.15) is 13.8 Å². The van der Waals surface area contributed by atoms with Crippen LogP contribution in [0.4, 0.5) is 5.82 Å². The maximum Gasteiger partial charge on any atom is 0.183 e. The van der Waals surface area contributed by atoms with Gasteiger partial charge in [0.25, 0.3) is 0 Å². The molecular formula is C21H21BrClN5. The minimum absolute atomic E-state index is 0.368. The van der Waals surface area contributed by atoms with Gasteiger partial charge in [-0.15, -0.1) is 10.2 Å². The summed E-state index contributed by atoms with van der Waals surface area (Å²) in [5, 5.41) is 13.3. The second-order valence-corrected chi connectivity index (χ2v) is 8.55. The van der Waals surface area contributed by atoms with Gasteiger partial charge in [-0.2, -0.15) is 0 Å². The van der Waals surface area contributed by atoms with Crippen LogP contribution in [0, 0.1) is 0 Å². The summed E-state index contributed by atoms with van der Waals surface area (Å²) in [6, 6.07) is 16.4. The second kappa shape index (κ2) is 8.15. The molecule has 28 heavy (non-hydrogen) atoms. The molecule has 5 nitrogen and oxygen atoms in total. The van der Waals surface area contributed by atoms with Crippen LogP contribution in [-0.4, -0.2) is 40.4 Å². The first-order valence-corrected chi connectivity index (χ1v) is 10.4. The molecular weight excluding hydrogens is 438 g/mol. The van der Waals surface area contributed by atoms with Gasteiger partial charge in [0.1, 0.15) is 5.69 Å². The summed E-state index contributed by atoms with van der Waals surface area (Å²) in [7, 11) is 0. The first kappa shape index (κ1) is 19.3. The number of rotatable bonds is 3. The van der Waals surface area contributed by atoms with Gasteiger partial charge in [-0.05, 0) is 38.1 Å². The Hall–Kier alpha value is -2.02. The fourth-order valence-electron chi connectivity index (χ4n) is 3.55. The van der Waals surface area contributed by atoms with E-state index in [1.54, 1.807) is 0 Å². The average molecular weight is 459 g/mol. The summed E-state index contributed by atoms with van der Waals surface area (Å²) in [5.41, 5.74) is 2.68. The molecule has 2 unspecified atom stereocenters. The molecule has 3 aromatic rings. The first-order valence-electron chi connectivity index (χ1n) is 9.27. The molecule has 1 fully saturated rings. The van der Waals surface area contributed by atoms with E-state index in [9.17, 15) is 0 Å². The van der Waals surface area contributed by atoms with Gasteiger partial charge in [-0.1, -0.05) is 51.8 Å². The summed E-state index contributed by atoms with van der Waals surface area (Å²) in [6.07, 6.45) is 0. The van der Waals surface area contributed by atoms with Crippen molar-refractivity contribution in [2.75, 3.05) is 18.0 Å². The first-order chi connectivity index (χ1) is 13.5. The van der Waals surface area contributed by atoms with E-state index >= 15 is 0 Å². The van der Waals surface area contributed by atoms with Gasteiger partial charge in [0, 0.05) is 45.8 Å². The highest BCUT2D eigenvalue weighted by Crippen LogP contribution is 2.31. The molecule has 2 atom stereocenters. The number of nitrogens with one attached hydrogen (secondary N) is 1. The third-order valence-electron chi connectivity index (χ3n) is 4.75. The van der Waals surface area contributed by atoms with Crippen LogP contribution < -0.4 is 10.2 Å². The molecule has 2 heterocycles. The molecule has 0 spiro atoms. The van der Waals surface area contributed by atoms with Crippen molar-refractivity contribution in [3.8, 4) is 22.6 Å². The van der Waals surface area contributed by atoms with E-state index in [1.165, 1.54) is 0 Å². The Labute approximate surface area is 178 Å². The van der Waals surface area contributed by atoms with E-state index in [0.717, 1.165) is 40.2 Å². The van der Waals surface area contributed by atoms with Crippen LogP contribution in [0.25, 0.3) is 22.6 Å². The Kier molecular flexibility index (Phi) is 5.62. The number of hydrogen-bond acceptors (Lipinski definition) is 5. The van der Waals surface area contributed by atoms with Crippen molar-refractivity contribution in [2.24, 2.45) is 0 Å². The molecule has 1 N–H and O–H groups in total. The molecule has 2 aromatic carbocycles. The number of piperazine rings is 1. The van der Waals surface area contributed by atoms with Gasteiger partial charge in [0.05, 0.1) is 0 Å². The molecule has 0 radical (unpaired) electrons. The van der Waals surface area contributed by atoms with Gasteiger partial charge >= 0.3 is 0 Å². The molecule has 144 valence electrons. The number of aromatic nitrogens is 3. The van der Waals surface area contributed by atoms with Crippen LogP contribution in [-0.2, 0) is 0 Å². The van der Waals surface area contributed by atoms with Crippen molar-refractivity contribution >= 4 is 33.3 Å². The molecule has 0 bridgehead atoms. The minimum atomic E-state index is 0.368. The normalized spacial score (nSPS) is 19.6. The summed E-state index contributed by atoms with van der Waals surface area (Å²) in [6.45, 7) is 6.11. The number of anilines is 1. The molecule has 7 heteroatoms. The monoisotopic (exact) mass is 457 g/mol. The van der Waals surface area contributed by atoms with Crippen LogP contribution in [0.15, 0.2) is 53.0 Å². The predicted molar refractivity (Wildman–Crippen MR) is 118 cm³/mol. The van der Waals surface area contributed by atoms with E-state index in [2.05, 4.69) is 50.2 Å². The zero-order chi connectivity index (χ0) is 19.7. The molecule has 4 rings (SSSR count). The number of hydrogen-bond donors (Lipinski definition) is 1. The Morgan fingerprint density at radius 3 is 2.18 bits per heavy atom. The quantitative estimate of drug-likeness (QED) is 0.610. The van der Waals surface area contributed by atoms with Gasteiger partial charge in [0.15, 0.2) is 11.6 Å². The molecule has 1 saturated heterocycles. The van der Waals surface area contributed by atoms with Crippen molar-refractivity contribution in [1.29, 1.82) is 0 Å². The van der Waals surface area contributed by atoms with Crippen LogP contribution in [0.2, 0.25) is 5.02 Å². The zero-order valence-electron chi connectivity index (χ0n) is 15.7. The Morgan fingerprint density at radius 1 is 0.929 bits per heavy atom. The highest BCUT2D eigenvalue weighted by atomic mass is 79.9. The van der Waals surface area contributed by atoms with Crippen LogP contribution in [0.3, 0.4) is 0 Å². The van der Waals surface area contributed by atoms with Crippen LogP contribution >= 0.6 is 27.5 Å². The van der Waals surface area contributed by atoms with E-state index in [4.69, 9.17) is 16.6 Å². The van der Waals surface area contributed by atoms with E-state index in [-0.39, 0.29) is 0 Å². The lowest BCUT2D eigenvalue weighted by molar-refractivity contribution is 0.405.